The zero-order chi connectivity index (χ0) is 9.94. The highest BCUT2D eigenvalue weighted by Crippen LogP contribution is 1.91. The number of hydrogen-bond donors (Lipinski definition) is 2. The molecule has 4 heteroatoms. The molecule has 0 heterocycles. The number of nitrogens with two attached hydrogens (primary N) is 1. The van der Waals surface area contributed by atoms with Gasteiger partial charge in [-0.05, 0) is 19.4 Å². The summed E-state index contributed by atoms with van der Waals surface area (Å²) in [5, 5.41) is 2.58. The summed E-state index contributed by atoms with van der Waals surface area (Å²) in [6.45, 7) is 1.33. The molecule has 0 aromatic rings. The first kappa shape index (κ1) is 11.8. The molecular weight excluding hydrogens is 168 g/mol. The first-order valence-electron chi connectivity index (χ1n) is 4.35. The van der Waals surface area contributed by atoms with Gasteiger partial charge < -0.3 is 15.8 Å². The number of ether oxygens (including phenoxy) is 1. The Labute approximate surface area is 78.8 Å². The van der Waals surface area contributed by atoms with Crippen molar-refractivity contribution < 1.29 is 9.53 Å². The molecule has 13 heavy (non-hydrogen) atoms. The van der Waals surface area contributed by atoms with Crippen molar-refractivity contribution in [3.8, 4) is 12.3 Å². The molecule has 74 valence electrons. The van der Waals surface area contributed by atoms with E-state index in [4.69, 9.17) is 12.2 Å². The van der Waals surface area contributed by atoms with Crippen LogP contribution in [0.5, 0.6) is 0 Å². The molecule has 0 atom stereocenters. The summed E-state index contributed by atoms with van der Waals surface area (Å²) in [5.41, 5.74) is 5.30. The summed E-state index contributed by atoms with van der Waals surface area (Å²) in [6.07, 6.45) is 7.38. The number of rotatable bonds is 6. The Bertz CT molecular complexity index is 175. The van der Waals surface area contributed by atoms with Crippen LogP contribution in [-0.4, -0.2) is 25.8 Å². The number of nitrogens with one attached hydrogen (secondary N) is 1. The Hall–Kier alpha value is -1.21. The Morgan fingerprint density at radius 2 is 2.23 bits per heavy atom. The van der Waals surface area contributed by atoms with E-state index < -0.39 is 6.09 Å². The minimum atomic E-state index is -0.453. The van der Waals surface area contributed by atoms with E-state index in [2.05, 4.69) is 16.0 Å². The zero-order valence-electron chi connectivity index (χ0n) is 7.71. The van der Waals surface area contributed by atoms with Crippen molar-refractivity contribution in [1.82, 2.24) is 5.32 Å². The van der Waals surface area contributed by atoms with Crippen LogP contribution in [0.2, 0.25) is 0 Å². The Balaban J connectivity index is 3.13. The highest BCUT2D eigenvalue weighted by atomic mass is 16.5. The molecule has 0 spiro atoms. The number of carbonyl (C=O) groups excluding carboxylic acids is 1. The van der Waals surface area contributed by atoms with Crippen molar-refractivity contribution in [2.75, 3.05) is 19.7 Å². The van der Waals surface area contributed by atoms with E-state index in [0.29, 0.717) is 13.1 Å². The Kier molecular flexibility index (Phi) is 8.06. The molecule has 0 saturated carbocycles. The predicted molar refractivity (Wildman–Crippen MR) is 51.1 cm³/mol. The van der Waals surface area contributed by atoms with Gasteiger partial charge in [-0.15, -0.1) is 6.42 Å². The van der Waals surface area contributed by atoms with E-state index in [1.54, 1.807) is 0 Å². The van der Waals surface area contributed by atoms with Gasteiger partial charge in [0, 0.05) is 6.54 Å². The van der Waals surface area contributed by atoms with E-state index in [0.717, 1.165) is 19.3 Å². The van der Waals surface area contributed by atoms with Gasteiger partial charge in [0.05, 0.1) is 0 Å². The average molecular weight is 184 g/mol. The second kappa shape index (κ2) is 8.88. The second-order valence-corrected chi connectivity index (χ2v) is 2.56. The predicted octanol–water partition coefficient (Wildman–Crippen LogP) is 0.475. The summed E-state index contributed by atoms with van der Waals surface area (Å²) in [7, 11) is 0. The van der Waals surface area contributed by atoms with Crippen molar-refractivity contribution in [3.63, 3.8) is 0 Å². The van der Waals surface area contributed by atoms with Crippen LogP contribution >= 0.6 is 0 Å². The average Bonchev–Trinajstić information content (AvgIpc) is 2.14. The molecule has 1 amide bonds. The Morgan fingerprint density at radius 3 is 2.85 bits per heavy atom. The van der Waals surface area contributed by atoms with E-state index in [1.807, 2.05) is 0 Å². The topological polar surface area (TPSA) is 64.3 Å². The quantitative estimate of drug-likeness (QED) is 0.466. The summed E-state index contributed by atoms with van der Waals surface area (Å²) >= 11 is 0. The lowest BCUT2D eigenvalue weighted by Crippen LogP contribution is -2.25. The SMILES string of the molecule is C#CCOC(=O)NCCCCCN. The zero-order valence-corrected chi connectivity index (χ0v) is 7.71. The molecular formula is C9H16N2O2. The third-order valence-electron chi connectivity index (χ3n) is 1.44. The summed E-state index contributed by atoms with van der Waals surface area (Å²) in [4.78, 5) is 10.8. The molecule has 0 saturated heterocycles. The maximum Gasteiger partial charge on any atom is 0.408 e. The van der Waals surface area contributed by atoms with Crippen LogP contribution < -0.4 is 11.1 Å². The first-order valence-corrected chi connectivity index (χ1v) is 4.35. The van der Waals surface area contributed by atoms with Gasteiger partial charge in [0.25, 0.3) is 0 Å². The molecule has 0 aliphatic carbocycles. The molecule has 0 fully saturated rings. The molecule has 4 nitrogen and oxygen atoms in total. The summed E-state index contributed by atoms with van der Waals surface area (Å²) in [5.74, 6) is 2.21. The molecule has 0 rings (SSSR count). The van der Waals surface area contributed by atoms with Crippen LogP contribution in [0.25, 0.3) is 0 Å². The fourth-order valence-corrected chi connectivity index (χ4v) is 0.795. The van der Waals surface area contributed by atoms with Gasteiger partial charge in [-0.25, -0.2) is 4.79 Å². The normalized spacial score (nSPS) is 8.92. The molecule has 0 radical (unpaired) electrons. The smallest absolute Gasteiger partial charge is 0.408 e. The number of carbonyl (C=O) groups is 1. The second-order valence-electron chi connectivity index (χ2n) is 2.56. The standard InChI is InChI=1S/C9H16N2O2/c1-2-8-13-9(12)11-7-5-3-4-6-10/h1H,3-8,10H2,(H,11,12). The van der Waals surface area contributed by atoms with E-state index in [9.17, 15) is 4.79 Å². The molecule has 0 aromatic carbocycles. The van der Waals surface area contributed by atoms with Gasteiger partial charge >= 0.3 is 6.09 Å². The monoisotopic (exact) mass is 184 g/mol. The third-order valence-corrected chi connectivity index (χ3v) is 1.44. The maximum atomic E-state index is 10.8. The van der Waals surface area contributed by atoms with Gasteiger partial charge in [0.1, 0.15) is 0 Å². The number of alkyl carbamates (subject to hydrolysis) is 1. The van der Waals surface area contributed by atoms with Gasteiger partial charge in [-0.3, -0.25) is 0 Å². The fraction of sp³-hybridized carbons (Fsp3) is 0.667. The summed E-state index contributed by atoms with van der Waals surface area (Å²) in [6, 6.07) is 0. The number of amides is 1. The van der Waals surface area contributed by atoms with E-state index in [1.165, 1.54) is 0 Å². The van der Waals surface area contributed by atoms with Crippen molar-refractivity contribution in [1.29, 1.82) is 0 Å². The van der Waals surface area contributed by atoms with E-state index in [-0.39, 0.29) is 6.61 Å². The van der Waals surface area contributed by atoms with Crippen molar-refractivity contribution >= 4 is 6.09 Å². The van der Waals surface area contributed by atoms with Crippen molar-refractivity contribution in [2.24, 2.45) is 5.73 Å². The first-order chi connectivity index (χ1) is 6.31. The number of unbranched alkanes of at least 4 members (excludes halogenated alkanes) is 2. The number of terminal acetylenes is 1. The lowest BCUT2D eigenvalue weighted by molar-refractivity contribution is 0.160. The molecule has 0 bridgehead atoms. The van der Waals surface area contributed by atoms with Crippen molar-refractivity contribution in [3.05, 3.63) is 0 Å². The van der Waals surface area contributed by atoms with Crippen LogP contribution in [-0.2, 0) is 4.74 Å². The molecule has 0 aliphatic rings. The minimum Gasteiger partial charge on any atom is -0.436 e. The van der Waals surface area contributed by atoms with E-state index >= 15 is 0 Å². The number of hydrogen-bond acceptors (Lipinski definition) is 3. The van der Waals surface area contributed by atoms with Gasteiger partial charge in [0.2, 0.25) is 0 Å². The van der Waals surface area contributed by atoms with Gasteiger partial charge in [-0.1, -0.05) is 12.3 Å². The molecule has 0 unspecified atom stereocenters. The molecule has 3 N–H and O–H groups in total. The van der Waals surface area contributed by atoms with Crippen LogP contribution in [0, 0.1) is 12.3 Å². The lowest BCUT2D eigenvalue weighted by Gasteiger charge is -2.03. The largest absolute Gasteiger partial charge is 0.436 e. The van der Waals surface area contributed by atoms with Crippen LogP contribution in [0.3, 0.4) is 0 Å². The van der Waals surface area contributed by atoms with Gasteiger partial charge in [-0.2, -0.15) is 0 Å². The van der Waals surface area contributed by atoms with Crippen LogP contribution in [0.1, 0.15) is 19.3 Å². The minimum absolute atomic E-state index is 0.0225. The lowest BCUT2D eigenvalue weighted by atomic mass is 10.2. The summed E-state index contributed by atoms with van der Waals surface area (Å²) < 4.78 is 4.59. The molecule has 0 aliphatic heterocycles. The highest BCUT2D eigenvalue weighted by Gasteiger charge is 1.97. The van der Waals surface area contributed by atoms with Crippen LogP contribution in [0.4, 0.5) is 4.79 Å². The third kappa shape index (κ3) is 8.70. The fourth-order valence-electron chi connectivity index (χ4n) is 0.795. The molecule has 0 aromatic heterocycles. The highest BCUT2D eigenvalue weighted by molar-refractivity contribution is 5.67. The Morgan fingerprint density at radius 1 is 1.46 bits per heavy atom. The van der Waals surface area contributed by atoms with Gasteiger partial charge in [0.15, 0.2) is 6.61 Å². The van der Waals surface area contributed by atoms with Crippen LogP contribution in [0.15, 0.2) is 0 Å². The van der Waals surface area contributed by atoms with Crippen molar-refractivity contribution in [2.45, 2.75) is 19.3 Å². The maximum absolute atomic E-state index is 10.8.